The van der Waals surface area contributed by atoms with Crippen LogP contribution in [0.4, 0.5) is 0 Å². The first-order valence-electron chi connectivity index (χ1n) is 3.87. The summed E-state index contributed by atoms with van der Waals surface area (Å²) in [6.45, 7) is 3.55. The second kappa shape index (κ2) is 7.86. The molecule has 1 radical (unpaired) electrons. The van der Waals surface area contributed by atoms with Gasteiger partial charge in [-0.1, -0.05) is 0 Å². The van der Waals surface area contributed by atoms with Gasteiger partial charge in [0.2, 0.25) is 0 Å². The van der Waals surface area contributed by atoms with Crippen LogP contribution in [0.1, 0.15) is 12.8 Å². The van der Waals surface area contributed by atoms with Crippen LogP contribution in [0.15, 0.2) is 0 Å². The molecule has 0 aliphatic heterocycles. The minimum absolute atomic E-state index is 0.0372. The molecule has 0 saturated carbocycles. The van der Waals surface area contributed by atoms with Crippen LogP contribution in [-0.4, -0.2) is 31.0 Å². The molecule has 75 valence electrons. The topological polar surface area (TPSA) is 52.6 Å². The quantitative estimate of drug-likeness (QED) is 0.480. The van der Waals surface area contributed by atoms with Gasteiger partial charge < -0.3 is 9.47 Å². The Morgan fingerprint density at radius 2 is 1.77 bits per heavy atom. The highest BCUT2D eigenvalue weighted by molar-refractivity contribution is 6.18. The molecule has 0 N–H and O–H groups in total. The van der Waals surface area contributed by atoms with Crippen molar-refractivity contribution in [2.75, 3.05) is 19.1 Å². The van der Waals surface area contributed by atoms with Gasteiger partial charge in [-0.15, -0.1) is 11.6 Å². The molecule has 0 aromatic rings. The molecular weight excluding hydrogens is 196 g/mol. The lowest BCUT2D eigenvalue weighted by Crippen LogP contribution is -2.12. The molecular formula is C8H12ClO4. The Balaban J connectivity index is 3.31. The van der Waals surface area contributed by atoms with Crippen LogP contribution in [0.5, 0.6) is 0 Å². The van der Waals surface area contributed by atoms with Crippen molar-refractivity contribution in [3.05, 3.63) is 6.92 Å². The van der Waals surface area contributed by atoms with E-state index >= 15 is 0 Å². The molecule has 0 amide bonds. The molecule has 0 fully saturated rings. The highest BCUT2D eigenvalue weighted by Gasteiger charge is 2.04. The summed E-state index contributed by atoms with van der Waals surface area (Å²) in [5, 5.41) is 0. The third kappa shape index (κ3) is 7.59. The lowest BCUT2D eigenvalue weighted by atomic mass is 10.4. The van der Waals surface area contributed by atoms with Crippen molar-refractivity contribution < 1.29 is 19.1 Å². The van der Waals surface area contributed by atoms with E-state index in [1.807, 2.05) is 0 Å². The SMILES string of the molecule is [CH2]CC(=O)OCCC(=O)OCCCl. The first-order valence-corrected chi connectivity index (χ1v) is 4.40. The van der Waals surface area contributed by atoms with Gasteiger partial charge >= 0.3 is 11.9 Å². The molecule has 0 aromatic heterocycles. The Labute approximate surface area is 82.1 Å². The Kier molecular flexibility index (Phi) is 7.39. The number of carbonyl (C=O) groups excluding carboxylic acids is 2. The number of hydrogen-bond acceptors (Lipinski definition) is 4. The smallest absolute Gasteiger partial charge is 0.309 e. The van der Waals surface area contributed by atoms with Gasteiger partial charge in [-0.2, -0.15) is 0 Å². The van der Waals surface area contributed by atoms with Crippen LogP contribution >= 0.6 is 11.6 Å². The average Bonchev–Trinajstić information content (AvgIpc) is 2.14. The van der Waals surface area contributed by atoms with Crippen molar-refractivity contribution in [2.45, 2.75) is 12.8 Å². The second-order valence-electron chi connectivity index (χ2n) is 2.13. The number of ether oxygens (including phenoxy) is 2. The zero-order valence-electron chi connectivity index (χ0n) is 7.25. The van der Waals surface area contributed by atoms with E-state index < -0.39 is 11.9 Å². The normalized spacial score (nSPS) is 9.38. The minimum Gasteiger partial charge on any atom is -0.465 e. The lowest BCUT2D eigenvalue weighted by molar-refractivity contribution is -0.148. The van der Waals surface area contributed by atoms with Crippen LogP contribution in [0.25, 0.3) is 0 Å². The van der Waals surface area contributed by atoms with Crippen LogP contribution in [-0.2, 0) is 19.1 Å². The van der Waals surface area contributed by atoms with Gasteiger partial charge in [0.15, 0.2) is 0 Å². The van der Waals surface area contributed by atoms with Crippen LogP contribution in [0, 0.1) is 6.92 Å². The Morgan fingerprint density at radius 3 is 2.31 bits per heavy atom. The lowest BCUT2D eigenvalue weighted by Gasteiger charge is -2.03. The highest BCUT2D eigenvalue weighted by atomic mass is 35.5. The predicted octanol–water partition coefficient (Wildman–Crippen LogP) is 0.926. The maximum atomic E-state index is 10.8. The molecule has 0 atom stereocenters. The number of hydrogen-bond donors (Lipinski definition) is 0. The summed E-state index contributed by atoms with van der Waals surface area (Å²) in [7, 11) is 0. The van der Waals surface area contributed by atoms with Crippen LogP contribution in [0.3, 0.4) is 0 Å². The summed E-state index contributed by atoms with van der Waals surface area (Å²) >= 11 is 5.28. The first-order chi connectivity index (χ1) is 6.20. The molecule has 0 aliphatic carbocycles. The van der Waals surface area contributed by atoms with E-state index in [4.69, 9.17) is 11.6 Å². The number of carbonyl (C=O) groups is 2. The third-order valence-electron chi connectivity index (χ3n) is 1.11. The van der Waals surface area contributed by atoms with Gasteiger partial charge in [0.25, 0.3) is 0 Å². The molecule has 0 aromatic carbocycles. The summed E-state index contributed by atoms with van der Waals surface area (Å²) in [5.74, 6) is -0.577. The molecule has 4 nitrogen and oxygen atoms in total. The number of alkyl halides is 1. The molecule has 13 heavy (non-hydrogen) atoms. The van der Waals surface area contributed by atoms with Gasteiger partial charge in [0.05, 0.1) is 12.3 Å². The molecule has 0 aliphatic rings. The molecule has 5 heteroatoms. The maximum Gasteiger partial charge on any atom is 0.309 e. The van der Waals surface area contributed by atoms with Crippen LogP contribution in [0.2, 0.25) is 0 Å². The van der Waals surface area contributed by atoms with Crippen molar-refractivity contribution >= 4 is 23.5 Å². The van der Waals surface area contributed by atoms with E-state index in [1.54, 1.807) is 0 Å². The molecule has 0 bridgehead atoms. The van der Waals surface area contributed by atoms with Crippen LogP contribution < -0.4 is 0 Å². The van der Waals surface area contributed by atoms with Crippen molar-refractivity contribution in [2.24, 2.45) is 0 Å². The van der Waals surface area contributed by atoms with Gasteiger partial charge in [-0.25, -0.2) is 0 Å². The predicted molar refractivity (Wildman–Crippen MR) is 47.2 cm³/mol. The van der Waals surface area contributed by atoms with Crippen molar-refractivity contribution in [3.63, 3.8) is 0 Å². The van der Waals surface area contributed by atoms with Gasteiger partial charge in [-0.05, 0) is 6.92 Å². The Bertz CT molecular complexity index is 170. The second-order valence-corrected chi connectivity index (χ2v) is 2.51. The summed E-state index contributed by atoms with van der Waals surface area (Å²) in [4.78, 5) is 21.3. The summed E-state index contributed by atoms with van der Waals surface area (Å²) in [5.41, 5.74) is 0. The van der Waals surface area contributed by atoms with Crippen molar-refractivity contribution in [1.29, 1.82) is 0 Å². The Hall–Kier alpha value is -0.770. The fourth-order valence-corrected chi connectivity index (χ4v) is 0.622. The fraction of sp³-hybridized carbons (Fsp3) is 0.625. The third-order valence-corrected chi connectivity index (χ3v) is 1.27. The monoisotopic (exact) mass is 207 g/mol. The number of esters is 2. The zero-order valence-corrected chi connectivity index (χ0v) is 8.01. The van der Waals surface area contributed by atoms with Gasteiger partial charge in [-0.3, -0.25) is 9.59 Å². The van der Waals surface area contributed by atoms with E-state index in [1.165, 1.54) is 0 Å². The Morgan fingerprint density at radius 1 is 1.15 bits per heavy atom. The average molecular weight is 208 g/mol. The first kappa shape index (κ1) is 12.2. The number of rotatable bonds is 6. The molecule has 0 spiro atoms. The fourth-order valence-electron chi connectivity index (χ4n) is 0.545. The van der Waals surface area contributed by atoms with E-state index in [-0.39, 0.29) is 31.9 Å². The largest absolute Gasteiger partial charge is 0.465 e. The van der Waals surface area contributed by atoms with E-state index in [0.29, 0.717) is 0 Å². The summed E-state index contributed by atoms with van der Waals surface area (Å²) in [6, 6.07) is 0. The van der Waals surface area contributed by atoms with Gasteiger partial charge in [0, 0.05) is 6.42 Å². The van der Waals surface area contributed by atoms with E-state index in [2.05, 4.69) is 16.4 Å². The number of halogens is 1. The summed E-state index contributed by atoms with van der Waals surface area (Å²) in [6.07, 6.45) is 0.124. The molecule has 0 saturated heterocycles. The zero-order chi connectivity index (χ0) is 10.1. The molecule has 0 rings (SSSR count). The molecule has 0 unspecified atom stereocenters. The van der Waals surface area contributed by atoms with Gasteiger partial charge in [0.1, 0.15) is 13.2 Å². The van der Waals surface area contributed by atoms with E-state index in [9.17, 15) is 9.59 Å². The maximum absolute atomic E-state index is 10.8. The summed E-state index contributed by atoms with van der Waals surface area (Å²) < 4.78 is 9.24. The standard InChI is InChI=1S/C8H12ClO4/c1-2-7(10)12-5-3-8(11)13-6-4-9/h1-6H2. The minimum atomic E-state index is -0.426. The molecule has 0 heterocycles. The van der Waals surface area contributed by atoms with E-state index in [0.717, 1.165) is 0 Å². The highest BCUT2D eigenvalue weighted by Crippen LogP contribution is 1.91. The van der Waals surface area contributed by atoms with Crippen molar-refractivity contribution in [1.82, 2.24) is 0 Å². The van der Waals surface area contributed by atoms with Crippen molar-refractivity contribution in [3.8, 4) is 0 Å².